The van der Waals surface area contributed by atoms with E-state index in [4.69, 9.17) is 0 Å². The largest absolute Gasteiger partial charge is 0.284 e. The molecular formula is C22H15N3OS. The molecule has 0 amide bonds. The Kier molecular flexibility index (Phi) is 3.05. The zero-order valence-electron chi connectivity index (χ0n) is 14.5. The fourth-order valence-electron chi connectivity index (χ4n) is 4.25. The number of rotatable bonds is 1. The zero-order chi connectivity index (χ0) is 18.0. The molecule has 0 fully saturated rings. The lowest BCUT2D eigenvalue weighted by molar-refractivity contribution is 0.916. The third kappa shape index (κ3) is 2.06. The van der Waals surface area contributed by atoms with Gasteiger partial charge >= 0.3 is 0 Å². The molecule has 0 bridgehead atoms. The summed E-state index contributed by atoms with van der Waals surface area (Å²) in [6, 6.07) is 12.2. The summed E-state index contributed by atoms with van der Waals surface area (Å²) in [5.41, 5.74) is 2.97. The van der Waals surface area contributed by atoms with Gasteiger partial charge in [-0.3, -0.25) is 14.2 Å². The number of aromatic nitrogens is 3. The summed E-state index contributed by atoms with van der Waals surface area (Å²) >= 11 is 1.76. The van der Waals surface area contributed by atoms with E-state index in [1.807, 2.05) is 30.3 Å². The fourth-order valence-corrected chi connectivity index (χ4v) is 5.65. The van der Waals surface area contributed by atoms with Gasteiger partial charge in [0.05, 0.1) is 10.7 Å². The number of benzene rings is 1. The molecule has 1 aliphatic rings. The van der Waals surface area contributed by atoms with Crippen LogP contribution in [0.2, 0.25) is 0 Å². The summed E-state index contributed by atoms with van der Waals surface area (Å²) in [6.45, 7) is 0. The van der Waals surface area contributed by atoms with Crippen molar-refractivity contribution >= 4 is 44.0 Å². The van der Waals surface area contributed by atoms with E-state index in [0.29, 0.717) is 0 Å². The molecule has 5 heteroatoms. The molecule has 4 nitrogen and oxygen atoms in total. The molecule has 0 spiro atoms. The molecule has 4 aromatic heterocycles. The van der Waals surface area contributed by atoms with Crippen LogP contribution in [0, 0.1) is 0 Å². The van der Waals surface area contributed by atoms with Crippen molar-refractivity contribution in [1.29, 1.82) is 0 Å². The van der Waals surface area contributed by atoms with Gasteiger partial charge in [-0.05, 0) is 48.6 Å². The van der Waals surface area contributed by atoms with Gasteiger partial charge in [0.1, 0.15) is 4.83 Å². The monoisotopic (exact) mass is 369 g/mol. The van der Waals surface area contributed by atoms with Crippen LogP contribution in [0.25, 0.3) is 32.7 Å². The van der Waals surface area contributed by atoms with E-state index in [0.717, 1.165) is 56.8 Å². The highest BCUT2D eigenvalue weighted by atomic mass is 32.1. The van der Waals surface area contributed by atoms with Gasteiger partial charge in [0.15, 0.2) is 5.65 Å². The van der Waals surface area contributed by atoms with E-state index in [1.165, 1.54) is 10.4 Å². The minimum atomic E-state index is -0.0874. The van der Waals surface area contributed by atoms with Crippen molar-refractivity contribution in [3.8, 4) is 0 Å². The SMILES string of the molecule is O=c1nc2c3ccccc3/c(=C\c3ccncc3)n2c2sc3c(c12)CCC3. The Morgan fingerprint density at radius 2 is 1.85 bits per heavy atom. The van der Waals surface area contributed by atoms with Crippen LogP contribution in [-0.4, -0.2) is 14.4 Å². The number of pyridine rings is 1. The van der Waals surface area contributed by atoms with Gasteiger partial charge in [0, 0.05) is 28.0 Å². The molecule has 5 aromatic rings. The Labute approximate surface area is 158 Å². The Balaban J connectivity index is 1.89. The molecule has 1 aromatic carbocycles. The van der Waals surface area contributed by atoms with Gasteiger partial charge in [-0.25, -0.2) is 0 Å². The maximum atomic E-state index is 12.9. The summed E-state index contributed by atoms with van der Waals surface area (Å²) in [6.07, 6.45) is 8.95. The summed E-state index contributed by atoms with van der Waals surface area (Å²) in [5.74, 6) is 0. The molecule has 6 rings (SSSR count). The number of aryl methyl sites for hydroxylation is 2. The van der Waals surface area contributed by atoms with Crippen LogP contribution in [0.3, 0.4) is 0 Å². The summed E-state index contributed by atoms with van der Waals surface area (Å²) in [5, 5.41) is 4.03. The second-order valence-electron chi connectivity index (χ2n) is 6.97. The van der Waals surface area contributed by atoms with Gasteiger partial charge < -0.3 is 0 Å². The molecule has 1 aliphatic carbocycles. The van der Waals surface area contributed by atoms with Crippen molar-refractivity contribution in [3.05, 3.63) is 80.5 Å². The van der Waals surface area contributed by atoms with Crippen LogP contribution in [0.4, 0.5) is 0 Å². The first-order valence-electron chi connectivity index (χ1n) is 9.10. The Hall–Kier alpha value is -3.05. The number of nitrogens with zero attached hydrogens (tertiary/aromatic N) is 3. The van der Waals surface area contributed by atoms with Crippen LogP contribution in [0.5, 0.6) is 0 Å². The fraction of sp³-hybridized carbons (Fsp3) is 0.136. The minimum absolute atomic E-state index is 0.0874. The molecule has 0 radical (unpaired) electrons. The predicted octanol–water partition coefficient (Wildman–Crippen LogP) is 3.49. The minimum Gasteiger partial charge on any atom is -0.284 e. The van der Waals surface area contributed by atoms with E-state index in [-0.39, 0.29) is 5.56 Å². The molecule has 27 heavy (non-hydrogen) atoms. The molecule has 0 saturated heterocycles. The number of hydrogen-bond acceptors (Lipinski definition) is 4. The lowest BCUT2D eigenvalue weighted by Crippen LogP contribution is -2.16. The van der Waals surface area contributed by atoms with Crippen LogP contribution < -0.4 is 10.9 Å². The summed E-state index contributed by atoms with van der Waals surface area (Å²) in [4.78, 5) is 23.9. The maximum absolute atomic E-state index is 12.9. The van der Waals surface area contributed by atoms with Crippen molar-refractivity contribution in [2.75, 3.05) is 0 Å². The first kappa shape index (κ1) is 15.1. The van der Waals surface area contributed by atoms with Gasteiger partial charge in [-0.1, -0.05) is 24.3 Å². The number of fused-ring (bicyclic) bond motifs is 7. The molecule has 0 aliphatic heterocycles. The summed E-state index contributed by atoms with van der Waals surface area (Å²) in [7, 11) is 0. The molecule has 0 unspecified atom stereocenters. The summed E-state index contributed by atoms with van der Waals surface area (Å²) < 4.78 is 2.19. The molecular weight excluding hydrogens is 354 g/mol. The number of hydrogen-bond donors (Lipinski definition) is 0. The first-order chi connectivity index (χ1) is 13.3. The number of thiophene rings is 1. The average molecular weight is 369 g/mol. The third-order valence-electron chi connectivity index (χ3n) is 5.43. The van der Waals surface area contributed by atoms with Crippen LogP contribution in [-0.2, 0) is 12.8 Å². The quantitative estimate of drug-likeness (QED) is 0.454. The van der Waals surface area contributed by atoms with E-state index in [9.17, 15) is 4.79 Å². The highest BCUT2D eigenvalue weighted by Crippen LogP contribution is 2.36. The van der Waals surface area contributed by atoms with E-state index < -0.39 is 0 Å². The second-order valence-corrected chi connectivity index (χ2v) is 8.05. The van der Waals surface area contributed by atoms with Crippen molar-refractivity contribution in [3.63, 3.8) is 0 Å². The normalized spacial score (nSPS) is 14.6. The van der Waals surface area contributed by atoms with Gasteiger partial charge in [-0.15, -0.1) is 11.3 Å². The van der Waals surface area contributed by atoms with E-state index in [2.05, 4.69) is 26.5 Å². The second kappa shape index (κ2) is 5.47. The Morgan fingerprint density at radius 3 is 2.70 bits per heavy atom. The maximum Gasteiger partial charge on any atom is 0.282 e. The molecule has 4 heterocycles. The topological polar surface area (TPSA) is 47.3 Å². The molecule has 0 saturated carbocycles. The third-order valence-corrected chi connectivity index (χ3v) is 6.71. The average Bonchev–Trinajstić information content (AvgIpc) is 3.35. The lowest BCUT2D eigenvalue weighted by atomic mass is 10.2. The van der Waals surface area contributed by atoms with Crippen molar-refractivity contribution in [1.82, 2.24) is 14.4 Å². The van der Waals surface area contributed by atoms with Crippen molar-refractivity contribution < 1.29 is 0 Å². The standard InChI is InChI=1S/C22H15N3OS/c26-21-19-16-6-3-7-18(16)27-22(19)25-17(12-13-8-10-23-11-9-13)14-4-1-2-5-15(14)20(25)24-21/h1-2,4-5,8-12H,3,6-7H2/b17-12+. The van der Waals surface area contributed by atoms with Gasteiger partial charge in [-0.2, -0.15) is 4.98 Å². The van der Waals surface area contributed by atoms with Crippen LogP contribution >= 0.6 is 11.3 Å². The highest BCUT2D eigenvalue weighted by molar-refractivity contribution is 7.19. The predicted molar refractivity (Wildman–Crippen MR) is 109 cm³/mol. The van der Waals surface area contributed by atoms with Crippen molar-refractivity contribution in [2.45, 2.75) is 19.3 Å². The first-order valence-corrected chi connectivity index (χ1v) is 9.92. The zero-order valence-corrected chi connectivity index (χ0v) is 15.3. The van der Waals surface area contributed by atoms with Gasteiger partial charge in [0.25, 0.3) is 5.56 Å². The highest BCUT2D eigenvalue weighted by Gasteiger charge is 2.23. The lowest BCUT2D eigenvalue weighted by Gasteiger charge is -1.99. The van der Waals surface area contributed by atoms with Crippen LogP contribution in [0.1, 0.15) is 22.4 Å². The Bertz CT molecular complexity index is 1460. The van der Waals surface area contributed by atoms with Gasteiger partial charge in [0.2, 0.25) is 0 Å². The molecule has 0 atom stereocenters. The molecule has 0 N–H and O–H groups in total. The van der Waals surface area contributed by atoms with E-state index in [1.54, 1.807) is 23.7 Å². The Morgan fingerprint density at radius 1 is 1.04 bits per heavy atom. The van der Waals surface area contributed by atoms with E-state index >= 15 is 0 Å². The molecule has 130 valence electrons. The van der Waals surface area contributed by atoms with Crippen molar-refractivity contribution in [2.24, 2.45) is 0 Å². The van der Waals surface area contributed by atoms with Crippen LogP contribution in [0.15, 0.2) is 53.6 Å². The smallest absolute Gasteiger partial charge is 0.282 e.